The molecule has 1 aliphatic heterocycles. The molecule has 5 nitrogen and oxygen atoms in total. The second kappa shape index (κ2) is 5.82. The first-order valence-corrected chi connectivity index (χ1v) is 6.38. The molecule has 0 unspecified atom stereocenters. The lowest BCUT2D eigenvalue weighted by molar-refractivity contribution is 0.0541. The Morgan fingerprint density at radius 1 is 1.56 bits per heavy atom. The van der Waals surface area contributed by atoms with E-state index in [2.05, 4.69) is 10.3 Å². The first-order chi connectivity index (χ1) is 8.70. The summed E-state index contributed by atoms with van der Waals surface area (Å²) in [5, 5.41) is 12.6. The highest BCUT2D eigenvalue weighted by molar-refractivity contribution is 5.93. The number of aliphatic hydroxyl groups is 1. The van der Waals surface area contributed by atoms with Crippen molar-refractivity contribution in [3.05, 3.63) is 24.0 Å². The van der Waals surface area contributed by atoms with E-state index < -0.39 is 0 Å². The average molecular weight is 249 g/mol. The molecule has 0 radical (unpaired) electrons. The molecule has 5 heteroatoms. The van der Waals surface area contributed by atoms with Crippen molar-refractivity contribution in [2.75, 3.05) is 25.0 Å². The van der Waals surface area contributed by atoms with Crippen molar-refractivity contribution in [2.24, 2.45) is 0 Å². The van der Waals surface area contributed by atoms with Crippen molar-refractivity contribution in [3.63, 3.8) is 0 Å². The molecule has 2 N–H and O–H groups in total. The summed E-state index contributed by atoms with van der Waals surface area (Å²) in [4.78, 5) is 18.1. The van der Waals surface area contributed by atoms with Crippen molar-refractivity contribution in [1.82, 2.24) is 9.88 Å². The number of rotatable bonds is 3. The van der Waals surface area contributed by atoms with Crippen molar-refractivity contribution in [3.8, 4) is 0 Å². The molecule has 0 spiro atoms. The lowest BCUT2D eigenvalue weighted by Crippen LogP contribution is -2.40. The van der Waals surface area contributed by atoms with Crippen molar-refractivity contribution in [1.29, 1.82) is 0 Å². The number of aliphatic hydroxyl groups excluding tert-OH is 1. The van der Waals surface area contributed by atoms with Gasteiger partial charge in [0, 0.05) is 31.5 Å². The van der Waals surface area contributed by atoms with Gasteiger partial charge in [0.25, 0.3) is 5.91 Å². The number of carbonyl (C=O) groups excluding carboxylic acids is 1. The van der Waals surface area contributed by atoms with Crippen LogP contribution in [0.2, 0.25) is 0 Å². The number of likely N-dealkylation sites (tertiary alicyclic amines) is 1. The summed E-state index contributed by atoms with van der Waals surface area (Å²) in [5.41, 5.74) is 1.37. The van der Waals surface area contributed by atoms with Crippen LogP contribution in [-0.2, 0) is 0 Å². The summed E-state index contributed by atoms with van der Waals surface area (Å²) in [5.74, 6) is -0.0540. The van der Waals surface area contributed by atoms with Crippen LogP contribution in [0.15, 0.2) is 18.3 Å². The summed E-state index contributed by atoms with van der Waals surface area (Å²) in [7, 11) is 0. The van der Waals surface area contributed by atoms with E-state index in [9.17, 15) is 9.90 Å². The predicted octanol–water partition coefficient (Wildman–Crippen LogP) is 1.11. The van der Waals surface area contributed by atoms with Gasteiger partial charge in [-0.2, -0.15) is 0 Å². The van der Waals surface area contributed by atoms with Gasteiger partial charge in [-0.15, -0.1) is 0 Å². The fourth-order valence-electron chi connectivity index (χ4n) is 2.09. The third-order valence-corrected chi connectivity index (χ3v) is 3.11. The summed E-state index contributed by atoms with van der Waals surface area (Å²) in [6.45, 7) is 4.03. The fraction of sp³-hybridized carbons (Fsp3) is 0.538. The van der Waals surface area contributed by atoms with Crippen LogP contribution < -0.4 is 5.32 Å². The lowest BCUT2D eigenvalue weighted by Gasteiger charge is -2.29. The number of aromatic nitrogens is 1. The first-order valence-electron chi connectivity index (χ1n) is 6.38. The van der Waals surface area contributed by atoms with Gasteiger partial charge in [0.15, 0.2) is 0 Å². The number of hydrogen-bond donors (Lipinski definition) is 2. The van der Waals surface area contributed by atoms with E-state index in [0.717, 1.165) is 12.2 Å². The minimum atomic E-state index is -0.268. The predicted molar refractivity (Wildman–Crippen MR) is 69.5 cm³/mol. The zero-order chi connectivity index (χ0) is 13.0. The molecule has 1 aromatic heterocycles. The summed E-state index contributed by atoms with van der Waals surface area (Å²) in [6.07, 6.45) is 2.68. The van der Waals surface area contributed by atoms with Gasteiger partial charge in [-0.25, -0.2) is 0 Å². The topological polar surface area (TPSA) is 65.5 Å². The quantitative estimate of drug-likeness (QED) is 0.842. The maximum Gasteiger partial charge on any atom is 0.272 e. The summed E-state index contributed by atoms with van der Waals surface area (Å²) >= 11 is 0. The molecule has 18 heavy (non-hydrogen) atoms. The Kier molecular flexibility index (Phi) is 4.15. The number of hydrogen-bond acceptors (Lipinski definition) is 4. The molecule has 1 aromatic rings. The smallest absolute Gasteiger partial charge is 0.272 e. The Balaban J connectivity index is 2.06. The first kappa shape index (κ1) is 12.8. The van der Waals surface area contributed by atoms with E-state index in [4.69, 9.17) is 0 Å². The molecule has 0 bridgehead atoms. The van der Waals surface area contributed by atoms with Gasteiger partial charge in [-0.05, 0) is 31.9 Å². The second-order valence-electron chi connectivity index (χ2n) is 4.48. The molecular weight excluding hydrogens is 230 g/mol. The molecule has 1 aliphatic rings. The molecule has 0 aromatic carbocycles. The highest BCUT2D eigenvalue weighted by atomic mass is 16.3. The molecule has 2 heterocycles. The van der Waals surface area contributed by atoms with E-state index in [1.165, 1.54) is 0 Å². The summed E-state index contributed by atoms with van der Waals surface area (Å²) < 4.78 is 0. The van der Waals surface area contributed by atoms with E-state index in [-0.39, 0.29) is 12.0 Å². The highest BCUT2D eigenvalue weighted by Crippen LogP contribution is 2.14. The van der Waals surface area contributed by atoms with Gasteiger partial charge < -0.3 is 15.3 Å². The van der Waals surface area contributed by atoms with Crippen molar-refractivity contribution < 1.29 is 9.90 Å². The van der Waals surface area contributed by atoms with Crippen LogP contribution in [0.5, 0.6) is 0 Å². The number of pyridine rings is 1. The van der Waals surface area contributed by atoms with Crippen LogP contribution in [0.4, 0.5) is 5.69 Å². The summed E-state index contributed by atoms with van der Waals surface area (Å²) in [6, 6.07) is 3.62. The third-order valence-electron chi connectivity index (χ3n) is 3.11. The van der Waals surface area contributed by atoms with Crippen LogP contribution in [0.1, 0.15) is 30.3 Å². The van der Waals surface area contributed by atoms with Crippen molar-refractivity contribution in [2.45, 2.75) is 25.9 Å². The van der Waals surface area contributed by atoms with Crippen LogP contribution in [-0.4, -0.2) is 46.6 Å². The number of amides is 1. The molecule has 1 saturated heterocycles. The highest BCUT2D eigenvalue weighted by Gasteiger charge is 2.23. The van der Waals surface area contributed by atoms with E-state index in [1.54, 1.807) is 17.2 Å². The minimum Gasteiger partial charge on any atom is -0.393 e. The molecule has 0 atom stereocenters. The zero-order valence-corrected chi connectivity index (χ0v) is 10.6. The number of nitrogens with zero attached hydrogens (tertiary/aromatic N) is 2. The maximum absolute atomic E-state index is 12.2. The van der Waals surface area contributed by atoms with Gasteiger partial charge in [-0.3, -0.25) is 9.78 Å². The standard InChI is InChI=1S/C13H19N3O2/c1-2-14-10-3-6-15-12(9-10)13(18)16-7-4-11(17)5-8-16/h3,6,9,11,17H,2,4-5,7-8H2,1H3,(H,14,15). The number of nitrogens with one attached hydrogen (secondary N) is 1. The molecule has 1 fully saturated rings. The Bertz CT molecular complexity index is 414. The fourth-order valence-corrected chi connectivity index (χ4v) is 2.09. The van der Waals surface area contributed by atoms with Gasteiger partial charge in [0.05, 0.1) is 6.10 Å². The monoisotopic (exact) mass is 249 g/mol. The van der Waals surface area contributed by atoms with E-state index in [0.29, 0.717) is 31.6 Å². The largest absolute Gasteiger partial charge is 0.393 e. The molecule has 98 valence electrons. The van der Waals surface area contributed by atoms with Crippen molar-refractivity contribution >= 4 is 11.6 Å². The third kappa shape index (κ3) is 2.98. The molecule has 2 rings (SSSR count). The number of carbonyl (C=O) groups is 1. The molecular formula is C13H19N3O2. The van der Waals surface area contributed by atoms with Gasteiger partial charge in [0.2, 0.25) is 0 Å². The Morgan fingerprint density at radius 3 is 2.94 bits per heavy atom. The Labute approximate surface area is 107 Å². The number of piperidine rings is 1. The van der Waals surface area contributed by atoms with Crippen LogP contribution in [0, 0.1) is 0 Å². The van der Waals surface area contributed by atoms with E-state index >= 15 is 0 Å². The number of anilines is 1. The maximum atomic E-state index is 12.2. The Hall–Kier alpha value is -1.62. The van der Waals surface area contributed by atoms with Crippen LogP contribution >= 0.6 is 0 Å². The van der Waals surface area contributed by atoms with Gasteiger partial charge in [0.1, 0.15) is 5.69 Å². The van der Waals surface area contributed by atoms with Crippen LogP contribution in [0.3, 0.4) is 0 Å². The zero-order valence-electron chi connectivity index (χ0n) is 10.6. The normalized spacial score (nSPS) is 16.7. The second-order valence-corrected chi connectivity index (χ2v) is 4.48. The Morgan fingerprint density at radius 2 is 2.28 bits per heavy atom. The average Bonchev–Trinajstić information content (AvgIpc) is 2.39. The molecule has 0 saturated carbocycles. The lowest BCUT2D eigenvalue weighted by atomic mass is 10.1. The minimum absolute atomic E-state index is 0.0540. The molecule has 0 aliphatic carbocycles. The van der Waals surface area contributed by atoms with Crippen LogP contribution in [0.25, 0.3) is 0 Å². The molecule has 1 amide bonds. The SMILES string of the molecule is CCNc1ccnc(C(=O)N2CCC(O)CC2)c1. The van der Waals surface area contributed by atoms with Gasteiger partial charge in [-0.1, -0.05) is 0 Å². The van der Waals surface area contributed by atoms with E-state index in [1.807, 2.05) is 13.0 Å². The van der Waals surface area contributed by atoms with Gasteiger partial charge >= 0.3 is 0 Å².